The molecule has 3 nitrogen and oxygen atoms in total. The number of benzene rings is 1. The van der Waals surface area contributed by atoms with Crippen LogP contribution >= 0.6 is 11.6 Å². The number of esters is 1. The van der Waals surface area contributed by atoms with E-state index in [1.807, 2.05) is 0 Å². The zero-order valence-corrected chi connectivity index (χ0v) is 8.98. The van der Waals surface area contributed by atoms with E-state index in [0.717, 1.165) is 0 Å². The molecule has 1 aromatic rings. The van der Waals surface area contributed by atoms with Gasteiger partial charge >= 0.3 is 5.97 Å². The summed E-state index contributed by atoms with van der Waals surface area (Å²) >= 11 is 5.29. The number of carbonyl (C=O) groups is 2. The van der Waals surface area contributed by atoms with Crippen LogP contribution in [-0.2, 0) is 9.53 Å². The van der Waals surface area contributed by atoms with Crippen molar-refractivity contribution in [2.75, 3.05) is 6.61 Å². The molecule has 0 saturated heterocycles. The SMILES string of the molecule is CCOC(=O)C(=O)c1cc(F)c(Cl)cc1F. The summed E-state index contributed by atoms with van der Waals surface area (Å²) in [5.74, 6) is -4.52. The standard InChI is InChI=1S/C10H7ClF2O3/c1-2-16-10(15)9(14)5-3-8(13)6(11)4-7(5)12/h3-4H,2H2,1H3. The van der Waals surface area contributed by atoms with E-state index in [9.17, 15) is 18.4 Å². The quantitative estimate of drug-likeness (QED) is 0.357. The molecule has 0 heterocycles. The van der Waals surface area contributed by atoms with Gasteiger partial charge in [-0.25, -0.2) is 13.6 Å². The predicted octanol–water partition coefficient (Wildman–Crippen LogP) is 2.36. The summed E-state index contributed by atoms with van der Waals surface area (Å²) in [5, 5.41) is -0.460. The van der Waals surface area contributed by atoms with Gasteiger partial charge in [-0.15, -0.1) is 0 Å². The molecule has 0 N–H and O–H groups in total. The first-order valence-corrected chi connectivity index (χ1v) is 4.71. The predicted molar refractivity (Wildman–Crippen MR) is 52.3 cm³/mol. The van der Waals surface area contributed by atoms with Crippen molar-refractivity contribution in [1.82, 2.24) is 0 Å². The molecule has 86 valence electrons. The van der Waals surface area contributed by atoms with E-state index in [0.29, 0.717) is 12.1 Å². The van der Waals surface area contributed by atoms with Gasteiger partial charge in [-0.05, 0) is 19.1 Å². The number of halogens is 3. The normalized spacial score (nSPS) is 10.0. The molecule has 1 rings (SSSR count). The number of hydrogen-bond donors (Lipinski definition) is 0. The Morgan fingerprint density at radius 2 is 1.94 bits per heavy atom. The van der Waals surface area contributed by atoms with Crippen LogP contribution in [0, 0.1) is 11.6 Å². The Morgan fingerprint density at radius 3 is 2.50 bits per heavy atom. The van der Waals surface area contributed by atoms with Crippen molar-refractivity contribution in [2.45, 2.75) is 6.92 Å². The molecule has 0 aliphatic heterocycles. The smallest absolute Gasteiger partial charge is 0.379 e. The van der Waals surface area contributed by atoms with Crippen LogP contribution in [0.3, 0.4) is 0 Å². The Balaban J connectivity index is 3.09. The molecule has 1 aromatic carbocycles. The van der Waals surface area contributed by atoms with Crippen LogP contribution in [0.4, 0.5) is 8.78 Å². The summed E-state index contributed by atoms with van der Waals surface area (Å²) in [4.78, 5) is 22.3. The number of hydrogen-bond acceptors (Lipinski definition) is 3. The van der Waals surface area contributed by atoms with E-state index in [-0.39, 0.29) is 6.61 Å². The number of ketones is 1. The van der Waals surface area contributed by atoms with Crippen molar-refractivity contribution in [3.63, 3.8) is 0 Å². The Labute approximate surface area is 95.0 Å². The van der Waals surface area contributed by atoms with Crippen molar-refractivity contribution < 1.29 is 23.1 Å². The lowest BCUT2D eigenvalue weighted by atomic mass is 10.1. The largest absolute Gasteiger partial charge is 0.460 e. The molecule has 0 saturated carbocycles. The van der Waals surface area contributed by atoms with Gasteiger partial charge < -0.3 is 4.74 Å². The van der Waals surface area contributed by atoms with E-state index in [2.05, 4.69) is 4.74 Å². The van der Waals surface area contributed by atoms with Gasteiger partial charge in [-0.2, -0.15) is 0 Å². The second-order valence-corrected chi connectivity index (χ2v) is 3.20. The van der Waals surface area contributed by atoms with E-state index in [1.165, 1.54) is 6.92 Å². The number of rotatable bonds is 3. The van der Waals surface area contributed by atoms with Gasteiger partial charge in [0.1, 0.15) is 11.6 Å². The van der Waals surface area contributed by atoms with Crippen LogP contribution in [-0.4, -0.2) is 18.4 Å². The summed E-state index contributed by atoms with van der Waals surface area (Å²) in [5.41, 5.74) is -0.694. The lowest BCUT2D eigenvalue weighted by Crippen LogP contribution is -2.19. The van der Waals surface area contributed by atoms with Gasteiger partial charge in [-0.1, -0.05) is 11.6 Å². The van der Waals surface area contributed by atoms with Crippen molar-refractivity contribution in [3.8, 4) is 0 Å². The molecular formula is C10H7ClF2O3. The zero-order chi connectivity index (χ0) is 12.3. The lowest BCUT2D eigenvalue weighted by Gasteiger charge is -2.03. The average molecular weight is 249 g/mol. The first-order chi connectivity index (χ1) is 7.47. The van der Waals surface area contributed by atoms with Gasteiger partial charge in [0, 0.05) is 0 Å². The highest BCUT2D eigenvalue weighted by Crippen LogP contribution is 2.19. The minimum absolute atomic E-state index is 0.0255. The van der Waals surface area contributed by atoms with E-state index >= 15 is 0 Å². The maximum Gasteiger partial charge on any atom is 0.379 e. The average Bonchev–Trinajstić information content (AvgIpc) is 2.23. The van der Waals surface area contributed by atoms with Crippen molar-refractivity contribution in [3.05, 3.63) is 34.4 Å². The fourth-order valence-corrected chi connectivity index (χ4v) is 1.15. The third kappa shape index (κ3) is 2.55. The Kier molecular flexibility index (Phi) is 3.95. The summed E-state index contributed by atoms with van der Waals surface area (Å²) < 4.78 is 30.5. The van der Waals surface area contributed by atoms with Gasteiger partial charge in [0.25, 0.3) is 5.78 Å². The second-order valence-electron chi connectivity index (χ2n) is 2.80. The van der Waals surface area contributed by atoms with Gasteiger partial charge in [0.2, 0.25) is 0 Å². The molecule has 0 aliphatic carbocycles. The fraction of sp³-hybridized carbons (Fsp3) is 0.200. The van der Waals surface area contributed by atoms with Crippen LogP contribution in [0.25, 0.3) is 0 Å². The lowest BCUT2D eigenvalue weighted by molar-refractivity contribution is -0.137. The van der Waals surface area contributed by atoms with Crippen LogP contribution < -0.4 is 0 Å². The second kappa shape index (κ2) is 5.03. The molecule has 0 amide bonds. The van der Waals surface area contributed by atoms with Crippen LogP contribution in [0.5, 0.6) is 0 Å². The van der Waals surface area contributed by atoms with E-state index in [1.54, 1.807) is 0 Å². The molecule has 16 heavy (non-hydrogen) atoms. The van der Waals surface area contributed by atoms with Gasteiger partial charge in [0.05, 0.1) is 17.2 Å². The summed E-state index contributed by atoms with van der Waals surface area (Å²) in [6, 6.07) is 1.19. The Bertz CT molecular complexity index is 446. The third-order valence-corrected chi connectivity index (χ3v) is 2.01. The zero-order valence-electron chi connectivity index (χ0n) is 8.22. The highest BCUT2D eigenvalue weighted by Gasteiger charge is 2.22. The third-order valence-electron chi connectivity index (χ3n) is 1.72. The minimum atomic E-state index is -1.24. The molecular weight excluding hydrogens is 242 g/mol. The highest BCUT2D eigenvalue weighted by atomic mass is 35.5. The minimum Gasteiger partial charge on any atom is -0.460 e. The molecule has 0 bridgehead atoms. The maximum absolute atomic E-state index is 13.2. The first-order valence-electron chi connectivity index (χ1n) is 4.33. The first kappa shape index (κ1) is 12.6. The Hall–Kier alpha value is -1.49. The molecule has 0 spiro atoms. The monoisotopic (exact) mass is 248 g/mol. The molecule has 0 aliphatic rings. The van der Waals surface area contributed by atoms with E-state index in [4.69, 9.17) is 11.6 Å². The van der Waals surface area contributed by atoms with E-state index < -0.39 is 34.0 Å². The molecule has 0 aromatic heterocycles. The molecule has 6 heteroatoms. The topological polar surface area (TPSA) is 43.4 Å². The number of ether oxygens (including phenoxy) is 1. The van der Waals surface area contributed by atoms with Crippen molar-refractivity contribution in [1.29, 1.82) is 0 Å². The van der Waals surface area contributed by atoms with Crippen molar-refractivity contribution >= 4 is 23.4 Å². The Morgan fingerprint density at radius 1 is 1.31 bits per heavy atom. The summed E-state index contributed by atoms with van der Waals surface area (Å²) in [7, 11) is 0. The van der Waals surface area contributed by atoms with Gasteiger partial charge in [-0.3, -0.25) is 4.79 Å². The van der Waals surface area contributed by atoms with Crippen LogP contribution in [0.1, 0.15) is 17.3 Å². The van der Waals surface area contributed by atoms with Crippen LogP contribution in [0.2, 0.25) is 5.02 Å². The highest BCUT2D eigenvalue weighted by molar-refractivity contribution is 6.41. The molecule has 0 atom stereocenters. The van der Waals surface area contributed by atoms with Gasteiger partial charge in [0.15, 0.2) is 0 Å². The molecule has 0 unspecified atom stereocenters. The number of Topliss-reactive ketones (excluding diaryl/α,β-unsaturated/α-hetero) is 1. The van der Waals surface area contributed by atoms with Crippen LogP contribution in [0.15, 0.2) is 12.1 Å². The fourth-order valence-electron chi connectivity index (χ4n) is 1.00. The number of carbonyl (C=O) groups excluding carboxylic acids is 2. The summed E-state index contributed by atoms with van der Waals surface area (Å²) in [6.45, 7) is 1.46. The molecule has 0 radical (unpaired) electrons. The molecule has 0 fully saturated rings. The summed E-state index contributed by atoms with van der Waals surface area (Å²) in [6.07, 6.45) is 0. The maximum atomic E-state index is 13.2. The van der Waals surface area contributed by atoms with Crippen molar-refractivity contribution in [2.24, 2.45) is 0 Å².